The highest BCUT2D eigenvalue weighted by molar-refractivity contribution is 5.93. The van der Waals surface area contributed by atoms with Crippen LogP contribution in [-0.2, 0) is 33.4 Å². The lowest BCUT2D eigenvalue weighted by molar-refractivity contribution is -0.156. The van der Waals surface area contributed by atoms with Crippen molar-refractivity contribution in [2.45, 2.75) is 79.1 Å². The summed E-state index contributed by atoms with van der Waals surface area (Å²) in [5, 5.41) is 2.48. The van der Waals surface area contributed by atoms with Crippen LogP contribution in [-0.4, -0.2) is 36.7 Å². The molecule has 0 atom stereocenters. The predicted molar refractivity (Wildman–Crippen MR) is 124 cm³/mol. The zero-order valence-corrected chi connectivity index (χ0v) is 19.9. The summed E-state index contributed by atoms with van der Waals surface area (Å²) in [6, 6.07) is 0. The summed E-state index contributed by atoms with van der Waals surface area (Å²) >= 11 is 0. The van der Waals surface area contributed by atoms with Crippen LogP contribution in [0.3, 0.4) is 0 Å². The molecule has 0 aliphatic rings. The molecular formula is C24H39NO7. The summed E-state index contributed by atoms with van der Waals surface area (Å²) in [5.74, 6) is -1.87. The van der Waals surface area contributed by atoms with Gasteiger partial charge in [0.2, 0.25) is 5.91 Å². The predicted octanol–water partition coefficient (Wildman–Crippen LogP) is 4.34. The lowest BCUT2D eigenvalue weighted by Crippen LogP contribution is -2.26. The molecule has 0 aromatic rings. The summed E-state index contributed by atoms with van der Waals surface area (Å²) in [4.78, 5) is 51.8. The minimum absolute atomic E-state index is 0.234. The molecule has 0 spiro atoms. The third-order valence-electron chi connectivity index (χ3n) is 3.28. The fourth-order valence-electron chi connectivity index (χ4n) is 1.98. The molecule has 1 amide bonds. The standard InChI is InChI=1S/C13H21NO3.C7H12O.C4H6O3/c1-4-6-7-8-9-10-12(14-11(3)15)13(16)17-5-2;1-2-3-4-5-6-7-8;1-3(5)7-4(2)6/h4,10H,1,5-9H2,2-3H3,(H,14,15);2,7H,1,3-6H2;1-2H3/b12-10-;;. The summed E-state index contributed by atoms with van der Waals surface area (Å²) in [5.41, 5.74) is 0.234. The second-order valence-electron chi connectivity index (χ2n) is 6.42. The Morgan fingerprint density at radius 2 is 1.28 bits per heavy atom. The SMILES string of the molecule is C=CCCCC/C=C(\NC(C)=O)C(=O)OCC.C=CCCCCC=O.CC(=O)OC(C)=O. The molecule has 8 heteroatoms. The van der Waals surface area contributed by atoms with Crippen molar-refractivity contribution in [2.75, 3.05) is 6.61 Å². The van der Waals surface area contributed by atoms with Crippen molar-refractivity contribution in [1.29, 1.82) is 0 Å². The smallest absolute Gasteiger partial charge is 0.354 e. The van der Waals surface area contributed by atoms with Gasteiger partial charge in [-0.15, -0.1) is 13.2 Å². The summed E-state index contributed by atoms with van der Waals surface area (Å²) in [6.07, 6.45) is 13.9. The number of amides is 1. The van der Waals surface area contributed by atoms with Crippen molar-refractivity contribution >= 4 is 30.1 Å². The van der Waals surface area contributed by atoms with E-state index in [1.54, 1.807) is 13.0 Å². The Labute approximate surface area is 192 Å². The van der Waals surface area contributed by atoms with E-state index in [0.29, 0.717) is 13.0 Å². The molecule has 1 N–H and O–H groups in total. The lowest BCUT2D eigenvalue weighted by atomic mass is 10.1. The first kappa shape index (κ1) is 33.6. The lowest BCUT2D eigenvalue weighted by Gasteiger charge is -2.07. The van der Waals surface area contributed by atoms with Gasteiger partial charge in [0.1, 0.15) is 12.0 Å². The first-order chi connectivity index (χ1) is 15.2. The maximum absolute atomic E-state index is 11.5. The van der Waals surface area contributed by atoms with Crippen LogP contribution in [0.15, 0.2) is 37.1 Å². The van der Waals surface area contributed by atoms with Gasteiger partial charge in [-0.3, -0.25) is 14.4 Å². The van der Waals surface area contributed by atoms with Gasteiger partial charge in [0.05, 0.1) is 6.61 Å². The first-order valence-corrected chi connectivity index (χ1v) is 10.6. The second kappa shape index (κ2) is 26.0. The van der Waals surface area contributed by atoms with E-state index in [1.807, 2.05) is 12.2 Å². The highest BCUT2D eigenvalue weighted by Crippen LogP contribution is 2.04. The zero-order chi connectivity index (χ0) is 25.2. The van der Waals surface area contributed by atoms with Crippen LogP contribution in [0.5, 0.6) is 0 Å². The highest BCUT2D eigenvalue weighted by Gasteiger charge is 2.10. The van der Waals surface area contributed by atoms with Crippen molar-refractivity contribution in [1.82, 2.24) is 5.32 Å². The Kier molecular flexibility index (Phi) is 27.3. The van der Waals surface area contributed by atoms with E-state index >= 15 is 0 Å². The Hall–Kier alpha value is -3.03. The van der Waals surface area contributed by atoms with E-state index in [2.05, 4.69) is 23.2 Å². The molecule has 0 saturated heterocycles. The van der Waals surface area contributed by atoms with Gasteiger partial charge in [0.25, 0.3) is 0 Å². The number of hydrogen-bond donors (Lipinski definition) is 1. The van der Waals surface area contributed by atoms with E-state index in [0.717, 1.165) is 51.2 Å². The van der Waals surface area contributed by atoms with E-state index in [-0.39, 0.29) is 11.6 Å². The molecule has 0 saturated carbocycles. The minimum atomic E-state index is -0.562. The molecule has 0 bridgehead atoms. The third-order valence-corrected chi connectivity index (χ3v) is 3.28. The number of rotatable bonds is 13. The van der Waals surface area contributed by atoms with Crippen LogP contribution in [0, 0.1) is 0 Å². The van der Waals surface area contributed by atoms with E-state index in [4.69, 9.17) is 4.74 Å². The average molecular weight is 454 g/mol. The number of allylic oxidation sites excluding steroid dienone is 3. The highest BCUT2D eigenvalue weighted by atomic mass is 16.6. The van der Waals surface area contributed by atoms with Gasteiger partial charge in [0, 0.05) is 27.2 Å². The molecule has 0 unspecified atom stereocenters. The molecule has 0 aromatic carbocycles. The van der Waals surface area contributed by atoms with Gasteiger partial charge in [-0.05, 0) is 51.9 Å². The molecule has 8 nitrogen and oxygen atoms in total. The quantitative estimate of drug-likeness (QED) is 0.110. The van der Waals surface area contributed by atoms with Gasteiger partial charge < -0.3 is 19.6 Å². The molecule has 0 aliphatic heterocycles. The van der Waals surface area contributed by atoms with Crippen LogP contribution < -0.4 is 5.32 Å². The maximum Gasteiger partial charge on any atom is 0.354 e. The second-order valence-corrected chi connectivity index (χ2v) is 6.42. The number of esters is 3. The number of aldehydes is 1. The zero-order valence-electron chi connectivity index (χ0n) is 19.9. The Morgan fingerprint density at radius 3 is 1.62 bits per heavy atom. The fourth-order valence-corrected chi connectivity index (χ4v) is 1.98. The topological polar surface area (TPSA) is 116 Å². The molecule has 0 aromatic heterocycles. The molecule has 182 valence electrons. The van der Waals surface area contributed by atoms with Crippen LogP contribution >= 0.6 is 0 Å². The van der Waals surface area contributed by atoms with Crippen LogP contribution in [0.4, 0.5) is 0 Å². The number of ether oxygens (including phenoxy) is 2. The average Bonchev–Trinajstić information content (AvgIpc) is 2.70. The number of carbonyl (C=O) groups excluding carboxylic acids is 5. The Morgan fingerprint density at radius 1 is 0.812 bits per heavy atom. The van der Waals surface area contributed by atoms with Crippen LogP contribution in [0.25, 0.3) is 0 Å². The van der Waals surface area contributed by atoms with Gasteiger partial charge in [-0.1, -0.05) is 18.2 Å². The molecule has 0 rings (SSSR count). The molecule has 0 aliphatic carbocycles. The van der Waals surface area contributed by atoms with E-state index < -0.39 is 17.9 Å². The molecular weight excluding hydrogens is 414 g/mol. The van der Waals surface area contributed by atoms with Gasteiger partial charge in [-0.2, -0.15) is 0 Å². The molecule has 32 heavy (non-hydrogen) atoms. The molecule has 0 heterocycles. The minimum Gasteiger partial charge on any atom is -0.461 e. The largest absolute Gasteiger partial charge is 0.461 e. The van der Waals surface area contributed by atoms with Crippen molar-refractivity contribution in [3.63, 3.8) is 0 Å². The molecule has 0 fully saturated rings. The third kappa shape index (κ3) is 31.7. The van der Waals surface area contributed by atoms with Crippen LogP contribution in [0.1, 0.15) is 79.1 Å². The number of hydrogen-bond acceptors (Lipinski definition) is 7. The van der Waals surface area contributed by atoms with E-state index in [1.165, 1.54) is 20.8 Å². The number of unbranched alkanes of at least 4 members (excludes halogenated alkanes) is 6. The first-order valence-electron chi connectivity index (χ1n) is 10.6. The normalized spacial score (nSPS) is 9.56. The summed E-state index contributed by atoms with van der Waals surface area (Å²) in [7, 11) is 0. The van der Waals surface area contributed by atoms with Crippen molar-refractivity contribution in [3.8, 4) is 0 Å². The summed E-state index contributed by atoms with van der Waals surface area (Å²) < 4.78 is 8.82. The van der Waals surface area contributed by atoms with Gasteiger partial charge in [-0.25, -0.2) is 4.79 Å². The maximum atomic E-state index is 11.5. The van der Waals surface area contributed by atoms with E-state index in [9.17, 15) is 24.0 Å². The van der Waals surface area contributed by atoms with Crippen molar-refractivity contribution < 1.29 is 33.4 Å². The van der Waals surface area contributed by atoms with Crippen LogP contribution in [0.2, 0.25) is 0 Å². The van der Waals surface area contributed by atoms with Crippen molar-refractivity contribution in [2.24, 2.45) is 0 Å². The number of nitrogens with one attached hydrogen (secondary N) is 1. The Balaban J connectivity index is -0.000000464. The monoisotopic (exact) mass is 453 g/mol. The van der Waals surface area contributed by atoms with Gasteiger partial charge in [0.15, 0.2) is 0 Å². The number of carbonyl (C=O) groups is 5. The summed E-state index contributed by atoms with van der Waals surface area (Å²) in [6.45, 7) is 13.0. The fraction of sp³-hybridized carbons (Fsp3) is 0.542. The molecule has 0 radical (unpaired) electrons. The van der Waals surface area contributed by atoms with Crippen molar-refractivity contribution in [3.05, 3.63) is 37.1 Å². The Bertz CT molecular complexity index is 587. The van der Waals surface area contributed by atoms with Gasteiger partial charge >= 0.3 is 17.9 Å².